The molecule has 19 heavy (non-hydrogen) atoms. The number of nitrogens with zero attached hydrogens (tertiary/aromatic N) is 5. The molecule has 5 nitrogen and oxygen atoms in total. The van der Waals surface area contributed by atoms with Gasteiger partial charge in [-0.15, -0.1) is 0 Å². The van der Waals surface area contributed by atoms with Crippen molar-refractivity contribution in [2.24, 2.45) is 0 Å². The van der Waals surface area contributed by atoms with Gasteiger partial charge in [-0.3, -0.25) is 9.97 Å². The SMILES string of the molecule is N#[C][Co-]([C]#N)[C]#N.[H+].c1ccc(-c2ccccn2)nc1. The summed E-state index contributed by atoms with van der Waals surface area (Å²) in [6.45, 7) is 0. The van der Waals surface area contributed by atoms with E-state index in [0.717, 1.165) is 11.4 Å². The molecule has 0 aliphatic rings. The van der Waals surface area contributed by atoms with E-state index in [1.165, 1.54) is 0 Å². The Morgan fingerprint density at radius 2 is 1.21 bits per heavy atom. The molecular formula is C13H9CoN5. The Balaban J connectivity index is 0.000000396. The molecule has 0 fully saturated rings. The average molecular weight is 294 g/mol. The Kier molecular flexibility index (Phi) is 6.32. The summed E-state index contributed by atoms with van der Waals surface area (Å²) in [7, 11) is 0. The zero-order valence-electron chi connectivity index (χ0n) is 10.7. The van der Waals surface area contributed by atoms with E-state index < -0.39 is 13.7 Å². The minimum atomic E-state index is -1.62. The number of hydrogen-bond donors (Lipinski definition) is 0. The summed E-state index contributed by atoms with van der Waals surface area (Å²) in [6, 6.07) is 11.6. The van der Waals surface area contributed by atoms with Crippen molar-refractivity contribution < 1.29 is 15.1 Å². The van der Waals surface area contributed by atoms with Crippen molar-refractivity contribution >= 4 is 0 Å². The molecule has 0 spiro atoms. The third kappa shape index (κ3) is 4.97. The molecule has 0 atom stereocenters. The van der Waals surface area contributed by atoms with E-state index in [0.29, 0.717) is 0 Å². The van der Waals surface area contributed by atoms with E-state index in [2.05, 4.69) is 9.97 Å². The quantitative estimate of drug-likeness (QED) is 0.803. The average Bonchev–Trinajstić information content (AvgIpc) is 2.51. The summed E-state index contributed by atoms with van der Waals surface area (Å²) in [5, 5.41) is 28.2. The number of rotatable bonds is 1. The third-order valence-corrected chi connectivity index (χ3v) is 2.51. The third-order valence-electron chi connectivity index (χ3n) is 1.82. The van der Waals surface area contributed by atoms with Crippen molar-refractivity contribution in [1.29, 1.82) is 15.8 Å². The summed E-state index contributed by atoms with van der Waals surface area (Å²) in [5.74, 6) is 0. The van der Waals surface area contributed by atoms with Gasteiger partial charge < -0.3 is 0 Å². The van der Waals surface area contributed by atoms with E-state index in [1.807, 2.05) is 36.4 Å². The molecule has 0 aliphatic carbocycles. The van der Waals surface area contributed by atoms with E-state index in [1.54, 1.807) is 27.4 Å². The molecule has 0 saturated carbocycles. The number of pyridine rings is 2. The molecule has 95 valence electrons. The fourth-order valence-corrected chi connectivity index (χ4v) is 1.23. The van der Waals surface area contributed by atoms with Crippen molar-refractivity contribution in [2.75, 3.05) is 0 Å². The second-order valence-electron chi connectivity index (χ2n) is 2.90. The van der Waals surface area contributed by atoms with Crippen LogP contribution >= 0.6 is 0 Å². The van der Waals surface area contributed by atoms with Gasteiger partial charge in [0.2, 0.25) is 0 Å². The first kappa shape index (κ1) is 14.3. The Labute approximate surface area is 116 Å². The van der Waals surface area contributed by atoms with Gasteiger partial charge >= 0.3 is 45.9 Å². The Morgan fingerprint density at radius 3 is 1.42 bits per heavy atom. The van der Waals surface area contributed by atoms with Crippen LogP contribution in [0.25, 0.3) is 11.4 Å². The second kappa shape index (κ2) is 8.38. The molecule has 2 rings (SSSR count). The maximum absolute atomic E-state index is 7.86. The summed E-state index contributed by atoms with van der Waals surface area (Å²) >= 11 is -1.62. The van der Waals surface area contributed by atoms with Crippen LogP contribution in [0.2, 0.25) is 0 Å². The molecule has 0 unspecified atom stereocenters. The molecule has 0 bridgehead atoms. The van der Waals surface area contributed by atoms with Gasteiger partial charge in [-0.2, -0.15) is 0 Å². The zero-order valence-corrected chi connectivity index (χ0v) is 10.7. The molecule has 0 amide bonds. The van der Waals surface area contributed by atoms with Crippen molar-refractivity contribution in [3.8, 4) is 26.4 Å². The second-order valence-corrected chi connectivity index (χ2v) is 4.38. The molecule has 0 aliphatic heterocycles. The molecule has 2 heterocycles. The Hall–Kier alpha value is -2.72. The molecule has 0 aromatic carbocycles. The summed E-state index contributed by atoms with van der Waals surface area (Å²) < 4.78 is 0. The fourth-order valence-electron chi connectivity index (χ4n) is 1.08. The monoisotopic (exact) mass is 294 g/mol. The Bertz CT molecular complexity index is 557. The van der Waals surface area contributed by atoms with Crippen LogP contribution in [0.5, 0.6) is 0 Å². The van der Waals surface area contributed by atoms with Gasteiger partial charge in [0.05, 0.1) is 11.4 Å². The predicted molar refractivity (Wildman–Crippen MR) is 65.4 cm³/mol. The molecule has 0 radical (unpaired) electrons. The van der Waals surface area contributed by atoms with Gasteiger partial charge in [0, 0.05) is 12.4 Å². The van der Waals surface area contributed by atoms with E-state index >= 15 is 0 Å². The molecule has 6 heteroatoms. The van der Waals surface area contributed by atoms with Crippen molar-refractivity contribution in [2.45, 2.75) is 0 Å². The largest absolute Gasteiger partial charge is 1.00 e. The van der Waals surface area contributed by atoms with Gasteiger partial charge in [0.25, 0.3) is 0 Å². The van der Waals surface area contributed by atoms with Gasteiger partial charge in [-0.25, -0.2) is 0 Å². The molecule has 2 aromatic rings. The first-order valence-electron chi connectivity index (χ1n) is 4.96. The van der Waals surface area contributed by atoms with Crippen LogP contribution in [-0.2, 0) is 13.7 Å². The van der Waals surface area contributed by atoms with Crippen LogP contribution in [0.4, 0.5) is 0 Å². The maximum atomic E-state index is 7.86. The first-order chi connectivity index (χ1) is 9.31. The van der Waals surface area contributed by atoms with Crippen molar-refractivity contribution in [1.82, 2.24) is 9.97 Å². The van der Waals surface area contributed by atoms with Gasteiger partial charge in [-0.05, 0) is 24.3 Å². The number of hydrogen-bond acceptors (Lipinski definition) is 5. The van der Waals surface area contributed by atoms with Crippen LogP contribution < -0.4 is 0 Å². The minimum absolute atomic E-state index is 0. The van der Waals surface area contributed by atoms with Crippen molar-refractivity contribution in [3.63, 3.8) is 0 Å². The van der Waals surface area contributed by atoms with Crippen LogP contribution in [0.1, 0.15) is 1.43 Å². The van der Waals surface area contributed by atoms with Crippen LogP contribution in [-0.4, -0.2) is 9.97 Å². The van der Waals surface area contributed by atoms with Crippen LogP contribution in [0.15, 0.2) is 48.8 Å². The predicted octanol–water partition coefficient (Wildman–Crippen LogP) is 2.30. The molecule has 0 N–H and O–H groups in total. The van der Waals surface area contributed by atoms with Crippen LogP contribution in [0, 0.1) is 30.8 Å². The molecule has 0 saturated heterocycles. The Morgan fingerprint density at radius 1 is 0.789 bits per heavy atom. The van der Waals surface area contributed by atoms with E-state index in [4.69, 9.17) is 15.8 Å². The number of nitriles is 3. The van der Waals surface area contributed by atoms with Crippen molar-refractivity contribution in [3.05, 3.63) is 48.8 Å². The molecular weight excluding hydrogens is 285 g/mol. The topological polar surface area (TPSA) is 97.2 Å². The standard InChI is InChI=1S/C10H8N2.3CN.Co/c1-3-7-11-9(5-1)10-6-2-4-8-12-10;3*1-2;/h1-8H;;;;/q;;;;-1/p+1. The summed E-state index contributed by atoms with van der Waals surface area (Å²) in [4.78, 5) is 8.37. The van der Waals surface area contributed by atoms with E-state index in [-0.39, 0.29) is 1.43 Å². The summed E-state index contributed by atoms with van der Waals surface area (Å²) in [6.07, 6.45) is 3.54. The summed E-state index contributed by atoms with van der Waals surface area (Å²) in [5.41, 5.74) is 1.83. The normalized spacial score (nSPS) is 8.79. The zero-order chi connectivity index (χ0) is 13.9. The fraction of sp³-hybridized carbons (Fsp3) is 0. The first-order valence-corrected chi connectivity index (χ1v) is 6.52. The minimum Gasteiger partial charge on any atom is -0.255 e. The van der Waals surface area contributed by atoms with E-state index in [9.17, 15) is 0 Å². The molecule has 2 aromatic heterocycles. The maximum Gasteiger partial charge on any atom is 1.00 e. The number of aromatic nitrogens is 2. The van der Waals surface area contributed by atoms with Crippen LogP contribution in [0.3, 0.4) is 0 Å². The van der Waals surface area contributed by atoms with Gasteiger partial charge in [0.1, 0.15) is 0 Å². The van der Waals surface area contributed by atoms with Gasteiger partial charge in [0.15, 0.2) is 0 Å². The smallest absolute Gasteiger partial charge is 0.255 e. The van der Waals surface area contributed by atoms with Gasteiger partial charge in [-0.1, -0.05) is 12.1 Å².